The number of carbonyl (C=O) groups is 2. The molecule has 0 amide bonds. The summed E-state index contributed by atoms with van der Waals surface area (Å²) in [6.45, 7) is 1.52. The SMILES string of the molecule is O=Cc1ccccc1-n1c(C(=O)O)cc2cc(C3CCOCC3)ccc21. The molecule has 0 atom stereocenters. The van der Waals surface area contributed by atoms with Crippen LogP contribution in [-0.2, 0) is 4.74 Å². The number of ether oxygens (including phenoxy) is 1. The molecule has 2 aromatic carbocycles. The molecule has 5 heteroatoms. The van der Waals surface area contributed by atoms with Crippen LogP contribution in [0.5, 0.6) is 0 Å². The molecule has 26 heavy (non-hydrogen) atoms. The van der Waals surface area contributed by atoms with Gasteiger partial charge in [-0.2, -0.15) is 0 Å². The van der Waals surface area contributed by atoms with Gasteiger partial charge in [0.15, 0.2) is 6.29 Å². The van der Waals surface area contributed by atoms with Crippen LogP contribution >= 0.6 is 0 Å². The molecule has 1 aromatic heterocycles. The number of nitrogens with zero attached hydrogens (tertiary/aromatic N) is 1. The second-order valence-corrected chi connectivity index (χ2v) is 6.55. The standard InChI is InChI=1S/C21H19NO4/c23-13-16-3-1-2-4-18(16)22-19-6-5-15(14-7-9-26-10-8-14)11-17(19)12-20(22)21(24)25/h1-6,11-14H,7-10H2,(H,24,25). The van der Waals surface area contributed by atoms with Gasteiger partial charge in [-0.25, -0.2) is 4.79 Å². The molecule has 1 N–H and O–H groups in total. The summed E-state index contributed by atoms with van der Waals surface area (Å²) in [7, 11) is 0. The Labute approximate surface area is 150 Å². The molecule has 0 radical (unpaired) electrons. The lowest BCUT2D eigenvalue weighted by atomic mass is 9.91. The third-order valence-corrected chi connectivity index (χ3v) is 5.04. The number of aromatic carboxylic acids is 1. The number of aldehydes is 1. The Hall–Kier alpha value is -2.92. The number of fused-ring (bicyclic) bond motifs is 1. The number of rotatable bonds is 4. The summed E-state index contributed by atoms with van der Waals surface area (Å²) in [5.41, 5.74) is 3.18. The highest BCUT2D eigenvalue weighted by atomic mass is 16.5. The van der Waals surface area contributed by atoms with E-state index < -0.39 is 5.97 Å². The van der Waals surface area contributed by atoms with Crippen molar-refractivity contribution in [2.75, 3.05) is 13.2 Å². The van der Waals surface area contributed by atoms with E-state index in [-0.39, 0.29) is 5.69 Å². The average molecular weight is 349 g/mol. The number of carbonyl (C=O) groups excluding carboxylic acids is 1. The van der Waals surface area contributed by atoms with Crippen LogP contribution in [0, 0.1) is 0 Å². The molecule has 2 heterocycles. The summed E-state index contributed by atoms with van der Waals surface area (Å²) in [6, 6.07) is 14.8. The van der Waals surface area contributed by atoms with E-state index in [9.17, 15) is 14.7 Å². The summed E-state index contributed by atoms with van der Waals surface area (Å²) < 4.78 is 7.08. The summed E-state index contributed by atoms with van der Waals surface area (Å²) in [4.78, 5) is 23.3. The molecule has 1 saturated heterocycles. The summed E-state index contributed by atoms with van der Waals surface area (Å²) >= 11 is 0. The zero-order valence-electron chi connectivity index (χ0n) is 14.2. The molecule has 0 bridgehead atoms. The van der Waals surface area contributed by atoms with Crippen molar-refractivity contribution in [2.24, 2.45) is 0 Å². The first-order valence-electron chi connectivity index (χ1n) is 8.70. The fourth-order valence-corrected chi connectivity index (χ4v) is 3.73. The number of aromatic nitrogens is 1. The Bertz CT molecular complexity index is 983. The third kappa shape index (κ3) is 2.80. The normalized spacial score (nSPS) is 15.2. The fraction of sp³-hybridized carbons (Fsp3) is 0.238. The quantitative estimate of drug-likeness (QED) is 0.722. The van der Waals surface area contributed by atoms with Gasteiger partial charge in [0.25, 0.3) is 0 Å². The first kappa shape index (κ1) is 16.5. The molecule has 132 valence electrons. The smallest absolute Gasteiger partial charge is 0.352 e. The highest BCUT2D eigenvalue weighted by Gasteiger charge is 2.20. The monoisotopic (exact) mass is 349 g/mol. The van der Waals surface area contributed by atoms with E-state index in [0.717, 1.165) is 43.2 Å². The maximum atomic E-state index is 11.8. The van der Waals surface area contributed by atoms with Crippen LogP contribution in [0.15, 0.2) is 48.5 Å². The number of benzene rings is 2. The zero-order chi connectivity index (χ0) is 18.1. The van der Waals surface area contributed by atoms with E-state index in [1.54, 1.807) is 34.9 Å². The fourth-order valence-electron chi connectivity index (χ4n) is 3.73. The van der Waals surface area contributed by atoms with Crippen LogP contribution in [0.2, 0.25) is 0 Å². The van der Waals surface area contributed by atoms with E-state index in [2.05, 4.69) is 12.1 Å². The van der Waals surface area contributed by atoms with Gasteiger partial charge in [-0.3, -0.25) is 4.79 Å². The Morgan fingerprint density at radius 3 is 2.62 bits per heavy atom. The van der Waals surface area contributed by atoms with Gasteiger partial charge >= 0.3 is 5.97 Å². The van der Waals surface area contributed by atoms with E-state index in [4.69, 9.17) is 4.74 Å². The lowest BCUT2D eigenvalue weighted by molar-refractivity contribution is 0.0688. The van der Waals surface area contributed by atoms with E-state index >= 15 is 0 Å². The Morgan fingerprint density at radius 2 is 1.88 bits per heavy atom. The molecule has 0 spiro atoms. The molecular formula is C21H19NO4. The second-order valence-electron chi connectivity index (χ2n) is 6.55. The van der Waals surface area contributed by atoms with Crippen LogP contribution in [0.25, 0.3) is 16.6 Å². The molecule has 0 aliphatic carbocycles. The molecule has 0 saturated carbocycles. The number of hydrogen-bond acceptors (Lipinski definition) is 3. The molecule has 0 unspecified atom stereocenters. The molecule has 1 fully saturated rings. The predicted octanol–water partition coefficient (Wildman–Crippen LogP) is 4.04. The molecule has 4 rings (SSSR count). The molecule has 5 nitrogen and oxygen atoms in total. The van der Waals surface area contributed by atoms with Gasteiger partial charge in [0.2, 0.25) is 0 Å². The summed E-state index contributed by atoms with van der Waals surface area (Å²) in [6.07, 6.45) is 2.71. The Kier molecular flexibility index (Phi) is 4.31. The van der Waals surface area contributed by atoms with Crippen LogP contribution in [-0.4, -0.2) is 35.1 Å². The van der Waals surface area contributed by atoms with Gasteiger partial charge in [0, 0.05) is 24.2 Å². The minimum Gasteiger partial charge on any atom is -0.477 e. The van der Waals surface area contributed by atoms with Crippen molar-refractivity contribution < 1.29 is 19.4 Å². The largest absolute Gasteiger partial charge is 0.477 e. The van der Waals surface area contributed by atoms with Crippen molar-refractivity contribution in [2.45, 2.75) is 18.8 Å². The van der Waals surface area contributed by atoms with Gasteiger partial charge in [0.1, 0.15) is 5.69 Å². The van der Waals surface area contributed by atoms with Gasteiger partial charge < -0.3 is 14.4 Å². The van der Waals surface area contributed by atoms with E-state index in [1.807, 2.05) is 6.07 Å². The van der Waals surface area contributed by atoms with Gasteiger partial charge in [-0.1, -0.05) is 18.2 Å². The maximum absolute atomic E-state index is 11.8. The van der Waals surface area contributed by atoms with Crippen molar-refractivity contribution >= 4 is 23.2 Å². The van der Waals surface area contributed by atoms with Crippen molar-refractivity contribution in [3.63, 3.8) is 0 Å². The van der Waals surface area contributed by atoms with Crippen molar-refractivity contribution in [3.05, 3.63) is 65.4 Å². The van der Waals surface area contributed by atoms with Crippen LogP contribution < -0.4 is 0 Å². The Balaban J connectivity index is 1.90. The van der Waals surface area contributed by atoms with Gasteiger partial charge in [-0.05, 0) is 54.7 Å². The van der Waals surface area contributed by atoms with Gasteiger partial charge in [-0.15, -0.1) is 0 Å². The number of carboxylic acid groups (broad SMARTS) is 1. The van der Waals surface area contributed by atoms with Crippen LogP contribution in [0.3, 0.4) is 0 Å². The first-order valence-corrected chi connectivity index (χ1v) is 8.70. The van der Waals surface area contributed by atoms with Crippen molar-refractivity contribution in [3.8, 4) is 5.69 Å². The zero-order valence-corrected chi connectivity index (χ0v) is 14.2. The van der Waals surface area contributed by atoms with Crippen LogP contribution in [0.4, 0.5) is 0 Å². The maximum Gasteiger partial charge on any atom is 0.352 e. The second kappa shape index (κ2) is 6.77. The number of para-hydroxylation sites is 1. The average Bonchev–Trinajstić information content (AvgIpc) is 3.07. The highest BCUT2D eigenvalue weighted by molar-refractivity contribution is 5.97. The highest BCUT2D eigenvalue weighted by Crippen LogP contribution is 2.32. The lowest BCUT2D eigenvalue weighted by Crippen LogP contribution is -2.13. The topological polar surface area (TPSA) is 68.5 Å². The predicted molar refractivity (Wildman–Crippen MR) is 98.4 cm³/mol. The Morgan fingerprint density at radius 1 is 1.12 bits per heavy atom. The molecular weight excluding hydrogens is 330 g/mol. The van der Waals surface area contributed by atoms with Gasteiger partial charge in [0.05, 0.1) is 11.2 Å². The van der Waals surface area contributed by atoms with Crippen molar-refractivity contribution in [1.82, 2.24) is 4.57 Å². The van der Waals surface area contributed by atoms with Crippen LogP contribution in [0.1, 0.15) is 45.2 Å². The number of hydrogen-bond donors (Lipinski definition) is 1. The molecule has 3 aromatic rings. The lowest BCUT2D eigenvalue weighted by Gasteiger charge is -2.22. The van der Waals surface area contributed by atoms with E-state index in [0.29, 0.717) is 17.2 Å². The summed E-state index contributed by atoms with van der Waals surface area (Å²) in [5.74, 6) is -0.582. The van der Waals surface area contributed by atoms with Crippen molar-refractivity contribution in [1.29, 1.82) is 0 Å². The first-order chi connectivity index (χ1) is 12.7. The van der Waals surface area contributed by atoms with E-state index in [1.165, 1.54) is 5.56 Å². The molecule has 1 aliphatic rings. The minimum absolute atomic E-state index is 0.151. The molecule has 1 aliphatic heterocycles. The summed E-state index contributed by atoms with van der Waals surface area (Å²) in [5, 5.41) is 10.6. The minimum atomic E-state index is -1.02. The number of carboxylic acids is 1. The third-order valence-electron chi connectivity index (χ3n) is 5.04.